The highest BCUT2D eigenvalue weighted by molar-refractivity contribution is 5.78. The molecule has 122 valence electrons. The zero-order chi connectivity index (χ0) is 15.6. The summed E-state index contributed by atoms with van der Waals surface area (Å²) < 4.78 is 0. The quantitative estimate of drug-likeness (QED) is 0.860. The van der Waals surface area contributed by atoms with Gasteiger partial charge in [0.25, 0.3) is 0 Å². The third-order valence-corrected chi connectivity index (χ3v) is 5.49. The molecule has 0 bridgehead atoms. The van der Waals surface area contributed by atoms with Gasteiger partial charge in [-0.1, -0.05) is 11.6 Å². The van der Waals surface area contributed by atoms with Gasteiger partial charge in [-0.05, 0) is 62.3 Å². The lowest BCUT2D eigenvalue weighted by molar-refractivity contribution is -0.131. The van der Waals surface area contributed by atoms with Gasteiger partial charge in [-0.25, -0.2) is 0 Å². The van der Waals surface area contributed by atoms with Crippen LogP contribution in [0.2, 0.25) is 0 Å². The molecule has 2 aliphatic heterocycles. The number of carbonyl (C=O) groups is 1. The van der Waals surface area contributed by atoms with E-state index in [9.17, 15) is 4.79 Å². The van der Waals surface area contributed by atoms with Crippen molar-refractivity contribution < 1.29 is 4.79 Å². The average Bonchev–Trinajstić information content (AvgIpc) is 3.24. The van der Waals surface area contributed by atoms with Gasteiger partial charge in [-0.3, -0.25) is 14.7 Å². The van der Waals surface area contributed by atoms with Gasteiger partial charge in [0, 0.05) is 25.8 Å². The van der Waals surface area contributed by atoms with E-state index < -0.39 is 0 Å². The van der Waals surface area contributed by atoms with Crippen molar-refractivity contribution in [3.05, 3.63) is 35.2 Å². The highest BCUT2D eigenvalue weighted by Gasteiger charge is 2.28. The first-order valence-corrected chi connectivity index (χ1v) is 8.94. The molecular weight excluding hydrogens is 286 g/mol. The second-order valence-electron chi connectivity index (χ2n) is 7.11. The van der Waals surface area contributed by atoms with Crippen LogP contribution in [0.25, 0.3) is 6.08 Å². The third kappa shape index (κ3) is 3.18. The highest BCUT2D eigenvalue weighted by atomic mass is 16.2. The van der Waals surface area contributed by atoms with E-state index in [0.717, 1.165) is 38.3 Å². The fourth-order valence-electron chi connectivity index (χ4n) is 4.20. The van der Waals surface area contributed by atoms with Gasteiger partial charge in [-0.2, -0.15) is 0 Å². The van der Waals surface area contributed by atoms with E-state index in [1.807, 2.05) is 17.2 Å². The van der Waals surface area contributed by atoms with Crippen LogP contribution in [0.1, 0.15) is 36.9 Å². The Morgan fingerprint density at radius 3 is 2.91 bits per heavy atom. The Morgan fingerprint density at radius 2 is 2.09 bits per heavy atom. The van der Waals surface area contributed by atoms with Crippen LogP contribution in [-0.2, 0) is 11.2 Å². The van der Waals surface area contributed by atoms with E-state index in [1.54, 1.807) is 0 Å². The van der Waals surface area contributed by atoms with Gasteiger partial charge in [0.05, 0.1) is 12.2 Å². The molecule has 1 aromatic rings. The summed E-state index contributed by atoms with van der Waals surface area (Å²) in [5, 5.41) is 0. The molecule has 0 aromatic carbocycles. The molecular formula is C19H25N3O. The normalized spacial score (nSPS) is 24.6. The number of pyridine rings is 1. The lowest BCUT2D eigenvalue weighted by atomic mass is 9.89. The number of rotatable bonds is 3. The smallest absolute Gasteiger partial charge is 0.236 e. The van der Waals surface area contributed by atoms with E-state index in [2.05, 4.69) is 22.0 Å². The summed E-state index contributed by atoms with van der Waals surface area (Å²) in [5.41, 5.74) is 4.01. The van der Waals surface area contributed by atoms with E-state index >= 15 is 0 Å². The summed E-state index contributed by atoms with van der Waals surface area (Å²) >= 11 is 0. The van der Waals surface area contributed by atoms with Crippen LogP contribution in [0.15, 0.2) is 23.9 Å². The van der Waals surface area contributed by atoms with E-state index in [0.29, 0.717) is 18.4 Å². The van der Waals surface area contributed by atoms with Crippen molar-refractivity contribution in [1.82, 2.24) is 14.8 Å². The molecule has 1 aromatic heterocycles. The van der Waals surface area contributed by atoms with Crippen molar-refractivity contribution >= 4 is 12.0 Å². The van der Waals surface area contributed by atoms with Crippen molar-refractivity contribution in [3.8, 4) is 0 Å². The van der Waals surface area contributed by atoms with Crippen LogP contribution in [-0.4, -0.2) is 53.4 Å². The molecule has 1 atom stereocenters. The van der Waals surface area contributed by atoms with Crippen LogP contribution in [0.5, 0.6) is 0 Å². The average molecular weight is 311 g/mol. The van der Waals surface area contributed by atoms with Crippen molar-refractivity contribution in [3.63, 3.8) is 0 Å². The number of likely N-dealkylation sites (tertiary alicyclic amines) is 2. The molecule has 3 aliphatic rings. The largest absolute Gasteiger partial charge is 0.342 e. The molecule has 4 nitrogen and oxygen atoms in total. The molecule has 0 saturated carbocycles. The van der Waals surface area contributed by atoms with Crippen LogP contribution in [0, 0.1) is 5.92 Å². The van der Waals surface area contributed by atoms with E-state index in [4.69, 9.17) is 0 Å². The van der Waals surface area contributed by atoms with E-state index in [1.165, 1.54) is 36.8 Å². The van der Waals surface area contributed by atoms with E-state index in [-0.39, 0.29) is 0 Å². The Hall–Kier alpha value is -1.68. The summed E-state index contributed by atoms with van der Waals surface area (Å²) in [4.78, 5) is 21.3. The predicted octanol–water partition coefficient (Wildman–Crippen LogP) is 2.36. The maximum atomic E-state index is 12.4. The molecule has 1 amide bonds. The van der Waals surface area contributed by atoms with Crippen molar-refractivity contribution in [2.24, 2.45) is 5.92 Å². The fourth-order valence-corrected chi connectivity index (χ4v) is 4.20. The van der Waals surface area contributed by atoms with Crippen molar-refractivity contribution in [2.45, 2.75) is 32.1 Å². The van der Waals surface area contributed by atoms with Gasteiger partial charge in [0.15, 0.2) is 0 Å². The topological polar surface area (TPSA) is 36.4 Å². The molecule has 2 saturated heterocycles. The Kier molecular flexibility index (Phi) is 4.17. The summed E-state index contributed by atoms with van der Waals surface area (Å²) in [5.74, 6) is 0.915. The van der Waals surface area contributed by atoms with Crippen molar-refractivity contribution in [2.75, 3.05) is 32.7 Å². The van der Waals surface area contributed by atoms with Crippen LogP contribution in [0.3, 0.4) is 0 Å². The number of nitrogens with zero attached hydrogens (tertiary/aromatic N) is 3. The molecule has 0 N–H and O–H groups in total. The Balaban J connectivity index is 1.37. The summed E-state index contributed by atoms with van der Waals surface area (Å²) in [7, 11) is 0. The standard InChI is InChI=1S/C19H25N3O/c23-19(22-9-1-2-10-22)14-21-8-4-6-16(13-21)17-11-15-5-3-7-20-18(15)12-17/h3,5,7,12,16H,1-2,4,6,8-11,13-14H2. The zero-order valence-electron chi connectivity index (χ0n) is 13.7. The second-order valence-corrected chi connectivity index (χ2v) is 7.11. The first-order chi connectivity index (χ1) is 11.3. The number of piperidine rings is 1. The van der Waals surface area contributed by atoms with Gasteiger partial charge in [-0.15, -0.1) is 0 Å². The minimum atomic E-state index is 0.327. The summed E-state index contributed by atoms with van der Waals surface area (Å²) in [6.07, 6.45) is 9.99. The maximum absolute atomic E-state index is 12.4. The first kappa shape index (κ1) is 14.9. The number of aromatic nitrogens is 1. The molecule has 4 heteroatoms. The molecule has 1 aliphatic carbocycles. The lowest BCUT2D eigenvalue weighted by Crippen LogP contribution is -2.43. The maximum Gasteiger partial charge on any atom is 0.236 e. The lowest BCUT2D eigenvalue weighted by Gasteiger charge is -2.34. The van der Waals surface area contributed by atoms with Gasteiger partial charge < -0.3 is 4.90 Å². The Morgan fingerprint density at radius 1 is 1.22 bits per heavy atom. The fraction of sp³-hybridized carbons (Fsp3) is 0.579. The molecule has 23 heavy (non-hydrogen) atoms. The summed E-state index contributed by atoms with van der Waals surface area (Å²) in [6.45, 7) is 4.62. The molecule has 3 heterocycles. The van der Waals surface area contributed by atoms with Gasteiger partial charge >= 0.3 is 0 Å². The molecule has 0 spiro atoms. The third-order valence-electron chi connectivity index (χ3n) is 5.49. The minimum Gasteiger partial charge on any atom is -0.342 e. The van der Waals surface area contributed by atoms with Crippen LogP contribution >= 0.6 is 0 Å². The van der Waals surface area contributed by atoms with Gasteiger partial charge in [0.1, 0.15) is 0 Å². The zero-order valence-corrected chi connectivity index (χ0v) is 13.7. The predicted molar refractivity (Wildman–Crippen MR) is 90.9 cm³/mol. The van der Waals surface area contributed by atoms with Gasteiger partial charge in [0.2, 0.25) is 5.91 Å². The van der Waals surface area contributed by atoms with Crippen LogP contribution < -0.4 is 0 Å². The number of fused-ring (bicyclic) bond motifs is 1. The molecule has 0 radical (unpaired) electrons. The first-order valence-electron chi connectivity index (χ1n) is 8.94. The second kappa shape index (κ2) is 6.44. The Bertz CT molecular complexity index is 619. The number of hydrogen-bond acceptors (Lipinski definition) is 3. The molecule has 1 unspecified atom stereocenters. The monoisotopic (exact) mass is 311 g/mol. The Labute approximate surface area is 138 Å². The number of carbonyl (C=O) groups excluding carboxylic acids is 1. The van der Waals surface area contributed by atoms with Crippen molar-refractivity contribution in [1.29, 1.82) is 0 Å². The molecule has 4 rings (SSSR count). The summed E-state index contributed by atoms with van der Waals surface area (Å²) in [6, 6.07) is 4.21. The number of amides is 1. The minimum absolute atomic E-state index is 0.327. The number of hydrogen-bond donors (Lipinski definition) is 0. The SMILES string of the molecule is O=C(CN1CCCC(C2=Cc3ncccc3C2)C1)N1CCCC1. The molecule has 2 fully saturated rings. The van der Waals surface area contributed by atoms with Crippen LogP contribution in [0.4, 0.5) is 0 Å². The highest BCUT2D eigenvalue weighted by Crippen LogP contribution is 2.32.